The third kappa shape index (κ3) is 3.86. The fourth-order valence-electron chi connectivity index (χ4n) is 1.31. The highest BCUT2D eigenvalue weighted by molar-refractivity contribution is 5.95. The zero-order valence-electron chi connectivity index (χ0n) is 9.53. The van der Waals surface area contributed by atoms with Crippen molar-refractivity contribution in [2.45, 2.75) is 6.92 Å². The van der Waals surface area contributed by atoms with E-state index in [1.807, 2.05) is 6.92 Å². The quantitative estimate of drug-likeness (QED) is 0.716. The van der Waals surface area contributed by atoms with Gasteiger partial charge in [-0.3, -0.25) is 14.5 Å². The number of ketones is 1. The van der Waals surface area contributed by atoms with Gasteiger partial charge in [0.15, 0.2) is 5.76 Å². The van der Waals surface area contributed by atoms with Crippen molar-refractivity contribution in [1.29, 1.82) is 0 Å². The molecule has 88 valence electrons. The van der Waals surface area contributed by atoms with Crippen LogP contribution in [0.1, 0.15) is 17.5 Å². The smallest absolute Gasteiger partial charge is 0.234 e. The number of nitrogens with one attached hydrogen (secondary N) is 1. The molecule has 5 nitrogen and oxygen atoms in total. The molecule has 5 heteroatoms. The zero-order valence-corrected chi connectivity index (χ0v) is 9.53. The van der Waals surface area contributed by atoms with Gasteiger partial charge < -0.3 is 9.73 Å². The molecule has 0 aliphatic heterocycles. The second-order valence-corrected chi connectivity index (χ2v) is 3.53. The van der Waals surface area contributed by atoms with Gasteiger partial charge in [-0.2, -0.15) is 0 Å². The van der Waals surface area contributed by atoms with E-state index in [1.54, 1.807) is 24.1 Å². The van der Waals surface area contributed by atoms with Crippen LogP contribution >= 0.6 is 0 Å². The molecule has 0 saturated heterocycles. The monoisotopic (exact) mass is 224 g/mol. The van der Waals surface area contributed by atoms with E-state index >= 15 is 0 Å². The summed E-state index contributed by atoms with van der Waals surface area (Å²) in [6.07, 6.45) is 1.46. The van der Waals surface area contributed by atoms with Crippen LogP contribution in [0.2, 0.25) is 0 Å². The van der Waals surface area contributed by atoms with E-state index in [1.165, 1.54) is 6.26 Å². The lowest BCUT2D eigenvalue weighted by Crippen LogP contribution is -2.37. The molecule has 1 rings (SSSR count). The molecule has 0 fully saturated rings. The van der Waals surface area contributed by atoms with Gasteiger partial charge in [0.05, 0.1) is 19.4 Å². The molecule has 0 bridgehead atoms. The maximum atomic E-state index is 11.6. The van der Waals surface area contributed by atoms with E-state index in [4.69, 9.17) is 4.42 Å². The molecular weight excluding hydrogens is 208 g/mol. The van der Waals surface area contributed by atoms with Crippen molar-refractivity contribution >= 4 is 11.7 Å². The van der Waals surface area contributed by atoms with Crippen LogP contribution < -0.4 is 5.32 Å². The van der Waals surface area contributed by atoms with E-state index in [-0.39, 0.29) is 24.8 Å². The van der Waals surface area contributed by atoms with Crippen LogP contribution in [0, 0.1) is 0 Å². The summed E-state index contributed by atoms with van der Waals surface area (Å²) in [5, 5.41) is 2.67. The Hall–Kier alpha value is -1.62. The predicted molar refractivity (Wildman–Crippen MR) is 59.2 cm³/mol. The first-order valence-corrected chi connectivity index (χ1v) is 5.15. The SMILES string of the molecule is CCNC(=O)CN(C)CC(=O)c1ccco1. The minimum atomic E-state index is -0.128. The molecule has 1 heterocycles. The van der Waals surface area contributed by atoms with Crippen LogP contribution in [0.25, 0.3) is 0 Å². The van der Waals surface area contributed by atoms with Gasteiger partial charge in [0.2, 0.25) is 11.7 Å². The fourth-order valence-corrected chi connectivity index (χ4v) is 1.31. The summed E-state index contributed by atoms with van der Waals surface area (Å²) >= 11 is 0. The number of nitrogens with zero attached hydrogens (tertiary/aromatic N) is 1. The summed E-state index contributed by atoms with van der Waals surface area (Å²) < 4.78 is 4.97. The Kier molecular flexibility index (Phi) is 4.72. The molecule has 0 aliphatic rings. The lowest BCUT2D eigenvalue weighted by molar-refractivity contribution is -0.121. The molecular formula is C11H16N2O3. The summed E-state index contributed by atoms with van der Waals surface area (Å²) in [5.74, 6) is 0.108. The minimum Gasteiger partial charge on any atom is -0.461 e. The number of likely N-dealkylation sites (N-methyl/N-ethyl adjacent to an activating group) is 2. The van der Waals surface area contributed by atoms with Crippen LogP contribution in [-0.2, 0) is 4.79 Å². The van der Waals surface area contributed by atoms with Gasteiger partial charge in [-0.25, -0.2) is 0 Å². The molecule has 0 spiro atoms. The molecule has 1 aromatic rings. The first-order valence-electron chi connectivity index (χ1n) is 5.15. The van der Waals surface area contributed by atoms with E-state index < -0.39 is 0 Å². The van der Waals surface area contributed by atoms with Crippen molar-refractivity contribution in [3.05, 3.63) is 24.2 Å². The average Bonchev–Trinajstić information content (AvgIpc) is 2.69. The summed E-state index contributed by atoms with van der Waals surface area (Å²) in [6, 6.07) is 3.28. The molecule has 0 aliphatic carbocycles. The van der Waals surface area contributed by atoms with Crippen LogP contribution in [-0.4, -0.2) is 43.3 Å². The molecule has 0 unspecified atom stereocenters. The summed E-state index contributed by atoms with van der Waals surface area (Å²) in [6.45, 7) is 2.83. The number of carbonyl (C=O) groups excluding carboxylic acids is 2. The Morgan fingerprint density at radius 2 is 2.19 bits per heavy atom. The van der Waals surface area contributed by atoms with Crippen molar-refractivity contribution in [2.75, 3.05) is 26.7 Å². The molecule has 0 saturated carbocycles. The average molecular weight is 224 g/mol. The highest BCUT2D eigenvalue weighted by Gasteiger charge is 2.13. The molecule has 16 heavy (non-hydrogen) atoms. The van der Waals surface area contributed by atoms with Crippen LogP contribution in [0.4, 0.5) is 0 Å². The molecule has 1 N–H and O–H groups in total. The number of Topliss-reactive ketones (excluding diaryl/α,β-unsaturated/α-hetero) is 1. The van der Waals surface area contributed by atoms with E-state index in [2.05, 4.69) is 5.32 Å². The third-order valence-electron chi connectivity index (χ3n) is 2.00. The fraction of sp³-hybridized carbons (Fsp3) is 0.455. The standard InChI is InChI=1S/C11H16N2O3/c1-3-12-11(15)8-13(2)7-9(14)10-5-4-6-16-10/h4-6H,3,7-8H2,1-2H3,(H,12,15). The summed E-state index contributed by atoms with van der Waals surface area (Å²) in [7, 11) is 1.72. The second kappa shape index (κ2) is 6.07. The lowest BCUT2D eigenvalue weighted by Gasteiger charge is -2.14. The first kappa shape index (κ1) is 12.4. The molecule has 1 amide bonds. The highest BCUT2D eigenvalue weighted by atomic mass is 16.3. The maximum Gasteiger partial charge on any atom is 0.234 e. The maximum absolute atomic E-state index is 11.6. The normalized spacial score (nSPS) is 10.4. The van der Waals surface area contributed by atoms with Crippen molar-refractivity contribution in [3.8, 4) is 0 Å². The molecule has 1 aromatic heterocycles. The van der Waals surface area contributed by atoms with Gasteiger partial charge in [-0.05, 0) is 26.1 Å². The van der Waals surface area contributed by atoms with Gasteiger partial charge >= 0.3 is 0 Å². The predicted octanol–water partition coefficient (Wildman–Crippen LogP) is 0.530. The van der Waals surface area contributed by atoms with Gasteiger partial charge in [-0.15, -0.1) is 0 Å². The topological polar surface area (TPSA) is 62.6 Å². The summed E-state index contributed by atoms with van der Waals surface area (Å²) in [5.41, 5.74) is 0. The van der Waals surface area contributed by atoms with Crippen molar-refractivity contribution in [3.63, 3.8) is 0 Å². The van der Waals surface area contributed by atoms with E-state index in [0.29, 0.717) is 12.3 Å². The first-order chi connectivity index (χ1) is 7.63. The Labute approximate surface area is 94.4 Å². The number of carbonyl (C=O) groups is 2. The Bertz CT molecular complexity index is 346. The number of furan rings is 1. The highest BCUT2D eigenvalue weighted by Crippen LogP contribution is 2.01. The Morgan fingerprint density at radius 1 is 1.44 bits per heavy atom. The van der Waals surface area contributed by atoms with E-state index in [9.17, 15) is 9.59 Å². The zero-order chi connectivity index (χ0) is 12.0. The minimum absolute atomic E-state index is 0.0859. The second-order valence-electron chi connectivity index (χ2n) is 3.53. The van der Waals surface area contributed by atoms with Gasteiger partial charge in [0.25, 0.3) is 0 Å². The molecule has 0 atom stereocenters. The summed E-state index contributed by atoms with van der Waals surface area (Å²) in [4.78, 5) is 24.5. The van der Waals surface area contributed by atoms with E-state index in [0.717, 1.165) is 0 Å². The third-order valence-corrected chi connectivity index (χ3v) is 2.00. The number of amides is 1. The van der Waals surface area contributed by atoms with Gasteiger partial charge in [0, 0.05) is 6.54 Å². The van der Waals surface area contributed by atoms with Gasteiger partial charge in [0.1, 0.15) is 0 Å². The van der Waals surface area contributed by atoms with Crippen LogP contribution in [0.15, 0.2) is 22.8 Å². The number of hydrogen-bond acceptors (Lipinski definition) is 4. The van der Waals surface area contributed by atoms with Crippen LogP contribution in [0.5, 0.6) is 0 Å². The van der Waals surface area contributed by atoms with Gasteiger partial charge in [-0.1, -0.05) is 0 Å². The Morgan fingerprint density at radius 3 is 2.75 bits per heavy atom. The largest absolute Gasteiger partial charge is 0.461 e. The number of hydrogen-bond donors (Lipinski definition) is 1. The van der Waals surface area contributed by atoms with Crippen molar-refractivity contribution in [1.82, 2.24) is 10.2 Å². The van der Waals surface area contributed by atoms with Crippen molar-refractivity contribution in [2.24, 2.45) is 0 Å². The Balaban J connectivity index is 2.37. The van der Waals surface area contributed by atoms with Crippen molar-refractivity contribution < 1.29 is 14.0 Å². The molecule has 0 aromatic carbocycles. The molecule has 0 radical (unpaired) electrons. The van der Waals surface area contributed by atoms with Crippen LogP contribution in [0.3, 0.4) is 0 Å². The number of rotatable bonds is 6. The lowest BCUT2D eigenvalue weighted by atomic mass is 10.3.